The van der Waals surface area contributed by atoms with Gasteiger partial charge in [-0.3, -0.25) is 9.69 Å². The molecule has 1 unspecified atom stereocenters. The van der Waals surface area contributed by atoms with E-state index in [1.807, 2.05) is 6.07 Å². The van der Waals surface area contributed by atoms with Crippen LogP contribution in [0.15, 0.2) is 16.5 Å². The number of hydrogen-bond acceptors (Lipinski definition) is 3. The lowest BCUT2D eigenvalue weighted by molar-refractivity contribution is 0.0965. The number of piperidine rings is 1. The molecule has 0 spiro atoms. The Morgan fingerprint density at radius 2 is 2.38 bits per heavy atom. The summed E-state index contributed by atoms with van der Waals surface area (Å²) >= 11 is 0. The Balaban J connectivity index is 1.99. The molecule has 1 saturated heterocycles. The largest absolute Gasteiger partial charge is 0.455 e. The van der Waals surface area contributed by atoms with Crippen molar-refractivity contribution in [1.82, 2.24) is 4.90 Å². The lowest BCUT2D eigenvalue weighted by Gasteiger charge is -2.32. The zero-order valence-electron chi connectivity index (χ0n) is 9.61. The van der Waals surface area contributed by atoms with Gasteiger partial charge >= 0.3 is 0 Å². The molecule has 1 atom stereocenters. The molecule has 88 valence electrons. The maximum absolute atomic E-state index is 10.9. The third-order valence-electron chi connectivity index (χ3n) is 3.20. The highest BCUT2D eigenvalue weighted by atomic mass is 16.4. The van der Waals surface area contributed by atoms with Crippen molar-refractivity contribution < 1.29 is 9.21 Å². The van der Waals surface area contributed by atoms with E-state index in [4.69, 9.17) is 10.2 Å². The van der Waals surface area contributed by atoms with Crippen molar-refractivity contribution in [2.75, 3.05) is 6.54 Å². The highest BCUT2D eigenvalue weighted by Gasteiger charge is 2.19. The van der Waals surface area contributed by atoms with Gasteiger partial charge in [0.25, 0.3) is 5.91 Å². The lowest BCUT2D eigenvalue weighted by Crippen LogP contribution is -2.36. The zero-order chi connectivity index (χ0) is 11.5. The highest BCUT2D eigenvalue weighted by Crippen LogP contribution is 2.19. The van der Waals surface area contributed by atoms with Crippen LogP contribution in [0.25, 0.3) is 0 Å². The van der Waals surface area contributed by atoms with Crippen molar-refractivity contribution in [3.8, 4) is 0 Å². The maximum atomic E-state index is 10.9. The first-order valence-corrected chi connectivity index (χ1v) is 5.79. The van der Waals surface area contributed by atoms with Crippen molar-refractivity contribution in [3.05, 3.63) is 23.7 Å². The van der Waals surface area contributed by atoms with Crippen LogP contribution in [0.2, 0.25) is 0 Å². The van der Waals surface area contributed by atoms with Crippen molar-refractivity contribution in [2.45, 2.75) is 38.8 Å². The van der Waals surface area contributed by atoms with Crippen LogP contribution in [0, 0.1) is 0 Å². The number of carbonyl (C=O) groups is 1. The van der Waals surface area contributed by atoms with E-state index in [1.54, 1.807) is 6.07 Å². The van der Waals surface area contributed by atoms with Crippen LogP contribution in [0.3, 0.4) is 0 Å². The van der Waals surface area contributed by atoms with E-state index in [0.29, 0.717) is 6.04 Å². The minimum atomic E-state index is -0.502. The minimum absolute atomic E-state index is 0.250. The predicted molar refractivity (Wildman–Crippen MR) is 60.9 cm³/mol. The Hall–Kier alpha value is -1.29. The molecule has 4 heteroatoms. The average Bonchev–Trinajstić information content (AvgIpc) is 2.70. The van der Waals surface area contributed by atoms with Crippen molar-refractivity contribution in [2.24, 2.45) is 5.73 Å². The monoisotopic (exact) mass is 222 g/mol. The Morgan fingerprint density at radius 1 is 1.56 bits per heavy atom. The average molecular weight is 222 g/mol. The van der Waals surface area contributed by atoms with Crippen LogP contribution in [0.4, 0.5) is 0 Å². The molecule has 0 aromatic carbocycles. The summed E-state index contributed by atoms with van der Waals surface area (Å²) in [4.78, 5) is 13.3. The topological polar surface area (TPSA) is 59.5 Å². The molecule has 1 fully saturated rings. The van der Waals surface area contributed by atoms with Gasteiger partial charge in [0.2, 0.25) is 0 Å². The van der Waals surface area contributed by atoms with Crippen LogP contribution >= 0.6 is 0 Å². The van der Waals surface area contributed by atoms with E-state index in [0.717, 1.165) is 18.8 Å². The second-order valence-electron chi connectivity index (χ2n) is 4.45. The van der Waals surface area contributed by atoms with Gasteiger partial charge in [-0.05, 0) is 38.4 Å². The summed E-state index contributed by atoms with van der Waals surface area (Å²) in [5, 5.41) is 0. The molecular weight excluding hydrogens is 204 g/mol. The smallest absolute Gasteiger partial charge is 0.284 e. The van der Waals surface area contributed by atoms with Crippen LogP contribution < -0.4 is 5.73 Å². The summed E-state index contributed by atoms with van der Waals surface area (Å²) < 4.78 is 5.38. The van der Waals surface area contributed by atoms with E-state index in [-0.39, 0.29) is 5.76 Å². The number of nitrogens with two attached hydrogens (primary N) is 1. The summed E-state index contributed by atoms with van der Waals surface area (Å²) in [7, 11) is 0. The van der Waals surface area contributed by atoms with Gasteiger partial charge in [0, 0.05) is 6.04 Å². The van der Waals surface area contributed by atoms with Crippen LogP contribution in [0.5, 0.6) is 0 Å². The standard InChI is InChI=1S/C12H18N2O2/c1-9-4-2-3-7-14(9)8-10-5-6-11(16-10)12(13)15/h5-6,9H,2-4,7-8H2,1H3,(H2,13,15). The Morgan fingerprint density at radius 3 is 3.00 bits per heavy atom. The van der Waals surface area contributed by atoms with E-state index in [2.05, 4.69) is 11.8 Å². The molecule has 2 N–H and O–H groups in total. The molecule has 0 aliphatic carbocycles. The molecule has 16 heavy (non-hydrogen) atoms. The van der Waals surface area contributed by atoms with Crippen LogP contribution in [-0.2, 0) is 6.54 Å². The predicted octanol–water partition coefficient (Wildman–Crippen LogP) is 1.75. The molecular formula is C12H18N2O2. The Bertz CT molecular complexity index is 373. The molecule has 0 bridgehead atoms. The highest BCUT2D eigenvalue weighted by molar-refractivity contribution is 5.89. The van der Waals surface area contributed by atoms with Gasteiger partial charge in [0.15, 0.2) is 5.76 Å². The van der Waals surface area contributed by atoms with Gasteiger partial charge in [-0.1, -0.05) is 6.42 Å². The van der Waals surface area contributed by atoms with Gasteiger partial charge < -0.3 is 10.2 Å². The second kappa shape index (κ2) is 4.70. The maximum Gasteiger partial charge on any atom is 0.284 e. The number of nitrogens with zero attached hydrogens (tertiary/aromatic N) is 1. The normalized spacial score (nSPS) is 22.2. The fraction of sp³-hybridized carbons (Fsp3) is 0.583. The van der Waals surface area contributed by atoms with Gasteiger partial charge in [-0.15, -0.1) is 0 Å². The third kappa shape index (κ3) is 2.44. The van der Waals surface area contributed by atoms with Crippen LogP contribution in [0.1, 0.15) is 42.5 Å². The first kappa shape index (κ1) is 11.2. The second-order valence-corrected chi connectivity index (χ2v) is 4.45. The number of furan rings is 1. The minimum Gasteiger partial charge on any atom is -0.455 e. The first-order valence-electron chi connectivity index (χ1n) is 5.79. The van der Waals surface area contributed by atoms with E-state index >= 15 is 0 Å². The molecule has 1 aliphatic rings. The Kier molecular flexibility index (Phi) is 3.29. The lowest BCUT2D eigenvalue weighted by atomic mass is 10.0. The molecule has 2 rings (SSSR count). The molecule has 1 aromatic heterocycles. The fourth-order valence-electron chi connectivity index (χ4n) is 2.19. The molecule has 4 nitrogen and oxygen atoms in total. The Labute approximate surface area is 95.4 Å². The summed E-state index contributed by atoms with van der Waals surface area (Å²) in [5.74, 6) is 0.570. The third-order valence-corrected chi connectivity index (χ3v) is 3.20. The summed E-state index contributed by atoms with van der Waals surface area (Å²) in [5.41, 5.74) is 5.14. The number of amides is 1. The molecule has 0 saturated carbocycles. The number of rotatable bonds is 3. The first-order chi connectivity index (χ1) is 7.66. The van der Waals surface area contributed by atoms with Gasteiger partial charge in [-0.2, -0.15) is 0 Å². The number of carbonyl (C=O) groups excluding carboxylic acids is 1. The van der Waals surface area contributed by atoms with E-state index in [1.165, 1.54) is 19.3 Å². The summed E-state index contributed by atoms with van der Waals surface area (Å²) in [6.07, 6.45) is 3.79. The summed E-state index contributed by atoms with van der Waals surface area (Å²) in [6, 6.07) is 4.07. The van der Waals surface area contributed by atoms with Crippen LogP contribution in [-0.4, -0.2) is 23.4 Å². The molecule has 1 aromatic rings. The van der Waals surface area contributed by atoms with Gasteiger partial charge in [0.1, 0.15) is 5.76 Å². The van der Waals surface area contributed by atoms with E-state index in [9.17, 15) is 4.79 Å². The van der Waals surface area contributed by atoms with E-state index < -0.39 is 5.91 Å². The molecule has 2 heterocycles. The molecule has 1 aliphatic heterocycles. The molecule has 0 radical (unpaired) electrons. The SMILES string of the molecule is CC1CCCCN1Cc1ccc(C(N)=O)o1. The number of hydrogen-bond donors (Lipinski definition) is 1. The van der Waals surface area contributed by atoms with Crippen molar-refractivity contribution in [1.29, 1.82) is 0 Å². The fourth-order valence-corrected chi connectivity index (χ4v) is 2.19. The zero-order valence-corrected chi connectivity index (χ0v) is 9.61. The van der Waals surface area contributed by atoms with Gasteiger partial charge in [0.05, 0.1) is 6.54 Å². The quantitative estimate of drug-likeness (QED) is 0.847. The number of likely N-dealkylation sites (tertiary alicyclic amines) is 1. The van der Waals surface area contributed by atoms with Crippen molar-refractivity contribution >= 4 is 5.91 Å². The number of primary amides is 1. The molecule has 1 amide bonds. The van der Waals surface area contributed by atoms with Gasteiger partial charge in [-0.25, -0.2) is 0 Å². The summed E-state index contributed by atoms with van der Waals surface area (Å²) in [6.45, 7) is 4.11. The van der Waals surface area contributed by atoms with Crippen molar-refractivity contribution in [3.63, 3.8) is 0 Å².